The first-order chi connectivity index (χ1) is 8.13. The molecule has 0 radical (unpaired) electrons. The van der Waals surface area contributed by atoms with Gasteiger partial charge >= 0.3 is 0 Å². The number of nitrogens with two attached hydrogens (primary N) is 1. The fourth-order valence-electron chi connectivity index (χ4n) is 4.10. The lowest BCUT2D eigenvalue weighted by atomic mass is 9.78. The molecule has 1 saturated carbocycles. The Morgan fingerprint density at radius 3 is 2.53 bits per heavy atom. The van der Waals surface area contributed by atoms with Gasteiger partial charge in [-0.1, -0.05) is 26.7 Å². The van der Waals surface area contributed by atoms with Crippen molar-refractivity contribution in [3.05, 3.63) is 0 Å². The molecule has 1 saturated heterocycles. The molecule has 0 aromatic carbocycles. The zero-order valence-corrected chi connectivity index (χ0v) is 11.9. The summed E-state index contributed by atoms with van der Waals surface area (Å²) < 4.78 is 0. The van der Waals surface area contributed by atoms with Gasteiger partial charge in [0.05, 0.1) is 0 Å². The van der Waals surface area contributed by atoms with E-state index in [2.05, 4.69) is 25.7 Å². The van der Waals surface area contributed by atoms with Gasteiger partial charge in [0.2, 0.25) is 0 Å². The summed E-state index contributed by atoms with van der Waals surface area (Å²) in [7, 11) is 0. The summed E-state index contributed by atoms with van der Waals surface area (Å²) in [6.45, 7) is 9.45. The Kier molecular flexibility index (Phi) is 4.48. The van der Waals surface area contributed by atoms with E-state index in [-0.39, 0.29) is 0 Å². The highest BCUT2D eigenvalue weighted by molar-refractivity contribution is 4.91. The molecule has 5 atom stereocenters. The molecule has 0 spiro atoms. The van der Waals surface area contributed by atoms with Gasteiger partial charge in [-0.2, -0.15) is 0 Å². The Morgan fingerprint density at radius 2 is 1.82 bits per heavy atom. The standard InChI is InChI=1S/C15H30N2/c1-11-8-12(2)13(3)17(10-11)15-7-5-4-6-14(15)9-16/h11-15H,4-10,16H2,1-3H3. The van der Waals surface area contributed by atoms with Gasteiger partial charge in [-0.3, -0.25) is 4.90 Å². The smallest absolute Gasteiger partial charge is 0.0139 e. The maximum atomic E-state index is 5.99. The molecule has 5 unspecified atom stereocenters. The van der Waals surface area contributed by atoms with E-state index in [9.17, 15) is 0 Å². The molecular formula is C15H30N2. The summed E-state index contributed by atoms with van der Waals surface area (Å²) in [5.74, 6) is 2.46. The maximum Gasteiger partial charge on any atom is 0.0139 e. The number of hydrogen-bond donors (Lipinski definition) is 1. The molecule has 2 rings (SSSR count). The molecule has 2 fully saturated rings. The van der Waals surface area contributed by atoms with Crippen LogP contribution in [0, 0.1) is 17.8 Å². The van der Waals surface area contributed by atoms with Crippen LogP contribution in [0.5, 0.6) is 0 Å². The minimum Gasteiger partial charge on any atom is -0.330 e. The molecule has 2 N–H and O–H groups in total. The predicted octanol–water partition coefficient (Wildman–Crippen LogP) is 2.87. The van der Waals surface area contributed by atoms with Gasteiger partial charge in [0.1, 0.15) is 0 Å². The Bertz CT molecular complexity index is 241. The molecule has 2 heteroatoms. The molecule has 1 heterocycles. The zero-order chi connectivity index (χ0) is 12.4. The van der Waals surface area contributed by atoms with Gasteiger partial charge in [-0.15, -0.1) is 0 Å². The van der Waals surface area contributed by atoms with Crippen LogP contribution in [0.15, 0.2) is 0 Å². The molecule has 100 valence electrons. The van der Waals surface area contributed by atoms with Crippen molar-refractivity contribution in [1.82, 2.24) is 4.90 Å². The molecule has 2 nitrogen and oxygen atoms in total. The van der Waals surface area contributed by atoms with Crippen molar-refractivity contribution in [3.8, 4) is 0 Å². The van der Waals surface area contributed by atoms with Crippen molar-refractivity contribution in [2.24, 2.45) is 23.5 Å². The minimum atomic E-state index is 0.753. The Labute approximate surface area is 107 Å². The maximum absolute atomic E-state index is 5.99. The Morgan fingerprint density at radius 1 is 1.12 bits per heavy atom. The molecule has 0 amide bonds. The van der Waals surface area contributed by atoms with Crippen LogP contribution >= 0.6 is 0 Å². The first kappa shape index (κ1) is 13.4. The van der Waals surface area contributed by atoms with Crippen molar-refractivity contribution in [2.75, 3.05) is 13.1 Å². The van der Waals surface area contributed by atoms with Crippen molar-refractivity contribution in [1.29, 1.82) is 0 Å². The van der Waals surface area contributed by atoms with Crippen LogP contribution < -0.4 is 5.73 Å². The second-order valence-corrected chi connectivity index (χ2v) is 6.60. The molecule has 1 aliphatic carbocycles. The lowest BCUT2D eigenvalue weighted by molar-refractivity contribution is 0.00286. The van der Waals surface area contributed by atoms with Crippen molar-refractivity contribution < 1.29 is 0 Å². The van der Waals surface area contributed by atoms with Crippen LogP contribution in [0.3, 0.4) is 0 Å². The largest absolute Gasteiger partial charge is 0.330 e. The van der Waals surface area contributed by atoms with Gasteiger partial charge in [0.25, 0.3) is 0 Å². The first-order valence-corrected chi connectivity index (χ1v) is 7.59. The van der Waals surface area contributed by atoms with Crippen molar-refractivity contribution in [3.63, 3.8) is 0 Å². The Hall–Kier alpha value is -0.0800. The fourth-order valence-corrected chi connectivity index (χ4v) is 4.10. The summed E-state index contributed by atoms with van der Waals surface area (Å²) in [6, 6.07) is 1.53. The molecular weight excluding hydrogens is 208 g/mol. The van der Waals surface area contributed by atoms with Crippen LogP contribution in [-0.2, 0) is 0 Å². The second kappa shape index (κ2) is 5.71. The van der Waals surface area contributed by atoms with Gasteiger partial charge < -0.3 is 5.73 Å². The highest BCUT2D eigenvalue weighted by atomic mass is 15.2. The molecule has 0 aromatic heterocycles. The monoisotopic (exact) mass is 238 g/mol. The average Bonchev–Trinajstić information content (AvgIpc) is 2.33. The lowest BCUT2D eigenvalue weighted by Gasteiger charge is -2.49. The van der Waals surface area contributed by atoms with E-state index in [0.29, 0.717) is 0 Å². The number of likely N-dealkylation sites (tertiary alicyclic amines) is 1. The topological polar surface area (TPSA) is 29.3 Å². The summed E-state index contributed by atoms with van der Waals surface area (Å²) >= 11 is 0. The third-order valence-corrected chi connectivity index (χ3v) is 5.24. The summed E-state index contributed by atoms with van der Waals surface area (Å²) in [5, 5.41) is 0. The minimum absolute atomic E-state index is 0.753. The van der Waals surface area contributed by atoms with Crippen molar-refractivity contribution in [2.45, 2.75) is 65.0 Å². The highest BCUT2D eigenvalue weighted by Gasteiger charge is 2.37. The SMILES string of the molecule is CC1CC(C)C(C)N(C2CCCCC2CN)C1. The van der Waals surface area contributed by atoms with Gasteiger partial charge in [0.15, 0.2) is 0 Å². The average molecular weight is 238 g/mol. The molecule has 0 bridgehead atoms. The van der Waals surface area contributed by atoms with Crippen LogP contribution in [-0.4, -0.2) is 30.1 Å². The highest BCUT2D eigenvalue weighted by Crippen LogP contribution is 2.35. The van der Waals surface area contributed by atoms with Crippen LogP contribution in [0.1, 0.15) is 52.9 Å². The van der Waals surface area contributed by atoms with Crippen LogP contribution in [0.25, 0.3) is 0 Å². The molecule has 1 aliphatic heterocycles. The van der Waals surface area contributed by atoms with Gasteiger partial charge in [-0.05, 0) is 50.5 Å². The quantitative estimate of drug-likeness (QED) is 0.801. The zero-order valence-electron chi connectivity index (χ0n) is 11.9. The Balaban J connectivity index is 2.07. The van der Waals surface area contributed by atoms with Crippen molar-refractivity contribution >= 4 is 0 Å². The van der Waals surface area contributed by atoms with Gasteiger partial charge in [-0.25, -0.2) is 0 Å². The van der Waals surface area contributed by atoms with E-state index in [4.69, 9.17) is 5.73 Å². The third-order valence-electron chi connectivity index (χ3n) is 5.24. The van der Waals surface area contributed by atoms with E-state index in [1.807, 2.05) is 0 Å². The molecule has 2 aliphatic rings. The van der Waals surface area contributed by atoms with E-state index in [1.165, 1.54) is 38.6 Å². The molecule has 0 aromatic rings. The van der Waals surface area contributed by atoms with Gasteiger partial charge in [0, 0.05) is 18.6 Å². The van der Waals surface area contributed by atoms with E-state index in [0.717, 1.165) is 36.4 Å². The molecule has 17 heavy (non-hydrogen) atoms. The number of hydrogen-bond acceptors (Lipinski definition) is 2. The lowest BCUT2D eigenvalue weighted by Crippen LogP contribution is -2.55. The first-order valence-electron chi connectivity index (χ1n) is 7.59. The second-order valence-electron chi connectivity index (χ2n) is 6.60. The van der Waals surface area contributed by atoms with Crippen LogP contribution in [0.2, 0.25) is 0 Å². The summed E-state index contributed by atoms with van der Waals surface area (Å²) in [5.41, 5.74) is 5.99. The summed E-state index contributed by atoms with van der Waals surface area (Å²) in [4.78, 5) is 2.80. The van der Waals surface area contributed by atoms with E-state index in [1.54, 1.807) is 0 Å². The normalized spacial score (nSPS) is 44.8. The number of nitrogens with zero attached hydrogens (tertiary/aromatic N) is 1. The van der Waals surface area contributed by atoms with Crippen LogP contribution in [0.4, 0.5) is 0 Å². The fraction of sp³-hybridized carbons (Fsp3) is 1.00. The van der Waals surface area contributed by atoms with E-state index >= 15 is 0 Å². The number of rotatable bonds is 2. The summed E-state index contributed by atoms with van der Waals surface area (Å²) in [6.07, 6.45) is 6.94. The number of piperidine rings is 1. The predicted molar refractivity (Wildman–Crippen MR) is 73.9 cm³/mol. The van der Waals surface area contributed by atoms with E-state index < -0.39 is 0 Å². The third kappa shape index (κ3) is 2.85.